The second-order valence-electron chi connectivity index (χ2n) is 8.97. The van der Waals surface area contributed by atoms with Crippen molar-refractivity contribution in [3.05, 3.63) is 107 Å². The van der Waals surface area contributed by atoms with E-state index in [1.165, 1.54) is 23.1 Å². The first-order valence-corrected chi connectivity index (χ1v) is 13.6. The number of amides is 2. The largest absolute Gasteiger partial charge is 0.335 e. The number of sulfone groups is 1. The molecule has 4 aromatic rings. The highest BCUT2D eigenvalue weighted by molar-refractivity contribution is 7.90. The molecule has 0 bridgehead atoms. The van der Waals surface area contributed by atoms with Crippen LogP contribution in [0.2, 0.25) is 0 Å². The number of pyridine rings is 1. The number of para-hydroxylation sites is 1. The minimum atomic E-state index is -3.68. The number of benzene rings is 3. The molecule has 3 aromatic carbocycles. The van der Waals surface area contributed by atoms with Gasteiger partial charge in [-0.2, -0.15) is 0 Å². The van der Waals surface area contributed by atoms with Gasteiger partial charge in [0.15, 0.2) is 21.5 Å². The lowest BCUT2D eigenvalue weighted by Crippen LogP contribution is -2.50. The molecule has 0 saturated carbocycles. The fraction of sp³-hybridized carbons (Fsp3) is 0.179. The van der Waals surface area contributed by atoms with Crippen LogP contribution in [0.3, 0.4) is 0 Å². The molecule has 2 amide bonds. The average molecular weight is 536 g/mol. The van der Waals surface area contributed by atoms with Crippen LogP contribution in [0.1, 0.15) is 26.3 Å². The van der Waals surface area contributed by atoms with E-state index >= 15 is 0 Å². The number of aromatic nitrogens is 1. The van der Waals surface area contributed by atoms with Crippen LogP contribution in [0, 0.1) is 11.6 Å². The second-order valence-corrected chi connectivity index (χ2v) is 10.9. The summed E-state index contributed by atoms with van der Waals surface area (Å²) < 4.78 is 53.7. The quantitative estimate of drug-likeness (QED) is 0.384. The smallest absolute Gasteiger partial charge is 0.257 e. The molecular weight excluding hydrogens is 512 g/mol. The van der Waals surface area contributed by atoms with Gasteiger partial charge in [-0.1, -0.05) is 36.4 Å². The number of piperazine rings is 1. The summed E-state index contributed by atoms with van der Waals surface area (Å²) >= 11 is 0. The molecule has 0 unspecified atom stereocenters. The highest BCUT2D eigenvalue weighted by Crippen LogP contribution is 2.24. The van der Waals surface area contributed by atoms with Crippen molar-refractivity contribution in [1.82, 2.24) is 14.8 Å². The van der Waals surface area contributed by atoms with Crippen LogP contribution in [0.4, 0.5) is 8.78 Å². The number of carbonyl (C=O) groups excluding carboxylic acids is 2. The fourth-order valence-corrected chi connectivity index (χ4v) is 6.04. The summed E-state index contributed by atoms with van der Waals surface area (Å²) in [7, 11) is -3.68. The predicted molar refractivity (Wildman–Crippen MR) is 137 cm³/mol. The maximum Gasteiger partial charge on any atom is 0.257 e. The van der Waals surface area contributed by atoms with E-state index in [1.54, 1.807) is 59.6 Å². The van der Waals surface area contributed by atoms with Crippen LogP contribution < -0.4 is 0 Å². The molecule has 0 atom stereocenters. The zero-order valence-electron chi connectivity index (χ0n) is 20.2. The molecule has 38 heavy (non-hydrogen) atoms. The third kappa shape index (κ3) is 4.99. The van der Waals surface area contributed by atoms with Gasteiger partial charge in [0.05, 0.1) is 21.7 Å². The normalized spacial score (nSPS) is 14.1. The van der Waals surface area contributed by atoms with E-state index in [1.807, 2.05) is 0 Å². The SMILES string of the molecule is O=C(c1ccc(CS(=O)(=O)c2cccc3cccnc23)cc1)N1CCN(C(=O)c2cccc(F)c2F)CC1. The Balaban J connectivity index is 1.23. The summed E-state index contributed by atoms with van der Waals surface area (Å²) in [5, 5.41) is 0.734. The van der Waals surface area contributed by atoms with Crippen molar-refractivity contribution >= 4 is 32.6 Å². The van der Waals surface area contributed by atoms with Gasteiger partial charge in [0.1, 0.15) is 0 Å². The van der Waals surface area contributed by atoms with Gasteiger partial charge in [-0.15, -0.1) is 0 Å². The Morgan fingerprint density at radius 3 is 2.13 bits per heavy atom. The van der Waals surface area contributed by atoms with Gasteiger partial charge in [-0.3, -0.25) is 14.6 Å². The Morgan fingerprint density at radius 2 is 1.42 bits per heavy atom. The van der Waals surface area contributed by atoms with Crippen LogP contribution in [-0.4, -0.2) is 61.2 Å². The molecule has 194 valence electrons. The number of carbonyl (C=O) groups is 2. The zero-order valence-corrected chi connectivity index (χ0v) is 21.0. The molecule has 0 aliphatic carbocycles. The summed E-state index contributed by atoms with van der Waals surface area (Å²) in [5.74, 6) is -3.40. The average Bonchev–Trinajstić information content (AvgIpc) is 2.94. The van der Waals surface area contributed by atoms with Crippen molar-refractivity contribution in [1.29, 1.82) is 0 Å². The third-order valence-corrected chi connectivity index (χ3v) is 8.24. The number of fused-ring (bicyclic) bond motifs is 1. The van der Waals surface area contributed by atoms with Crippen molar-refractivity contribution < 1.29 is 26.8 Å². The van der Waals surface area contributed by atoms with Gasteiger partial charge < -0.3 is 9.80 Å². The lowest BCUT2D eigenvalue weighted by atomic mass is 10.1. The lowest BCUT2D eigenvalue weighted by Gasteiger charge is -2.35. The first kappa shape index (κ1) is 25.5. The number of rotatable bonds is 5. The minimum Gasteiger partial charge on any atom is -0.335 e. The first-order valence-electron chi connectivity index (χ1n) is 11.9. The van der Waals surface area contributed by atoms with E-state index in [4.69, 9.17) is 0 Å². The molecule has 0 radical (unpaired) electrons. The van der Waals surface area contributed by atoms with Crippen LogP contribution in [-0.2, 0) is 15.6 Å². The standard InChI is InChI=1S/C28H23F2N3O4S/c29-23-7-2-6-22(25(23)30)28(35)33-16-14-32(15-17-33)27(34)21-11-9-19(10-12-21)18-38(36,37)24-8-1-4-20-5-3-13-31-26(20)24/h1-13H,14-18H2. The Bertz CT molecular complexity index is 1630. The minimum absolute atomic E-state index is 0.154. The van der Waals surface area contributed by atoms with Gasteiger partial charge in [0.25, 0.3) is 11.8 Å². The number of halogens is 2. The maximum atomic E-state index is 14.0. The predicted octanol–water partition coefficient (Wildman–Crippen LogP) is 4.09. The van der Waals surface area contributed by atoms with E-state index in [2.05, 4.69) is 4.98 Å². The van der Waals surface area contributed by atoms with Gasteiger partial charge in [0.2, 0.25) is 0 Å². The lowest BCUT2D eigenvalue weighted by molar-refractivity contribution is 0.0532. The molecule has 1 saturated heterocycles. The maximum absolute atomic E-state index is 14.0. The molecule has 10 heteroatoms. The third-order valence-electron chi connectivity index (χ3n) is 6.52. The molecule has 7 nitrogen and oxygen atoms in total. The van der Waals surface area contributed by atoms with E-state index in [-0.39, 0.29) is 48.3 Å². The highest BCUT2D eigenvalue weighted by atomic mass is 32.2. The van der Waals surface area contributed by atoms with Crippen LogP contribution in [0.25, 0.3) is 10.9 Å². The Morgan fingerprint density at radius 1 is 0.789 bits per heavy atom. The molecule has 1 fully saturated rings. The molecule has 1 aliphatic heterocycles. The topological polar surface area (TPSA) is 87.6 Å². The molecule has 1 aromatic heterocycles. The van der Waals surface area contributed by atoms with Crippen molar-refractivity contribution in [2.24, 2.45) is 0 Å². The number of hydrogen-bond donors (Lipinski definition) is 0. The highest BCUT2D eigenvalue weighted by Gasteiger charge is 2.28. The van der Waals surface area contributed by atoms with Crippen molar-refractivity contribution in [3.63, 3.8) is 0 Å². The Kier molecular flexibility index (Phi) is 6.90. The second kappa shape index (κ2) is 10.3. The summed E-state index contributed by atoms with van der Waals surface area (Å²) in [6, 6.07) is 18.4. The molecule has 0 spiro atoms. The van der Waals surface area contributed by atoms with Crippen LogP contribution in [0.15, 0.2) is 83.9 Å². The summed E-state index contributed by atoms with van der Waals surface area (Å²) in [5.41, 5.74) is 0.991. The van der Waals surface area contributed by atoms with Crippen molar-refractivity contribution in [3.8, 4) is 0 Å². The summed E-state index contributed by atoms with van der Waals surface area (Å²) in [4.78, 5) is 32.9. The van der Waals surface area contributed by atoms with Crippen LogP contribution >= 0.6 is 0 Å². The summed E-state index contributed by atoms with van der Waals surface area (Å²) in [6.45, 7) is 0.809. The van der Waals surface area contributed by atoms with Crippen molar-refractivity contribution in [2.45, 2.75) is 10.6 Å². The van der Waals surface area contributed by atoms with Crippen LogP contribution in [0.5, 0.6) is 0 Å². The Labute approximate surface area is 218 Å². The molecule has 0 N–H and O–H groups in total. The summed E-state index contributed by atoms with van der Waals surface area (Å²) in [6.07, 6.45) is 1.55. The monoisotopic (exact) mass is 535 g/mol. The first-order chi connectivity index (χ1) is 18.2. The Hall–Kier alpha value is -4.18. The van der Waals surface area contributed by atoms with E-state index in [0.717, 1.165) is 11.5 Å². The number of hydrogen-bond acceptors (Lipinski definition) is 5. The van der Waals surface area contributed by atoms with Gasteiger partial charge >= 0.3 is 0 Å². The number of nitrogens with zero attached hydrogens (tertiary/aromatic N) is 3. The van der Waals surface area contributed by atoms with E-state index in [0.29, 0.717) is 16.6 Å². The van der Waals surface area contributed by atoms with E-state index < -0.39 is 27.4 Å². The molecule has 5 rings (SSSR count). The van der Waals surface area contributed by atoms with Gasteiger partial charge in [0, 0.05) is 43.3 Å². The molecular formula is C28H23F2N3O4S. The van der Waals surface area contributed by atoms with Gasteiger partial charge in [-0.25, -0.2) is 17.2 Å². The van der Waals surface area contributed by atoms with Gasteiger partial charge in [-0.05, 0) is 42.0 Å². The molecule has 2 heterocycles. The van der Waals surface area contributed by atoms with Crippen molar-refractivity contribution in [2.75, 3.05) is 26.2 Å². The fourth-order valence-electron chi connectivity index (χ4n) is 4.50. The zero-order chi connectivity index (χ0) is 26.9. The van der Waals surface area contributed by atoms with E-state index in [9.17, 15) is 26.8 Å². The molecule has 1 aliphatic rings.